The number of fused-ring (bicyclic) bond motifs is 1. The number of anilines is 1. The van der Waals surface area contributed by atoms with Crippen molar-refractivity contribution < 1.29 is 22.7 Å². The van der Waals surface area contributed by atoms with E-state index in [2.05, 4.69) is 14.8 Å². The zero-order chi connectivity index (χ0) is 22.6. The number of benzene rings is 2. The van der Waals surface area contributed by atoms with E-state index in [0.29, 0.717) is 11.8 Å². The van der Waals surface area contributed by atoms with Crippen LogP contribution in [0.1, 0.15) is 5.56 Å². The molecule has 1 amide bonds. The highest BCUT2D eigenvalue weighted by Crippen LogP contribution is 2.33. The van der Waals surface area contributed by atoms with Gasteiger partial charge in [-0.25, -0.2) is 0 Å². The molecule has 0 aliphatic carbocycles. The summed E-state index contributed by atoms with van der Waals surface area (Å²) in [6.07, 6.45) is -2.05. The van der Waals surface area contributed by atoms with Crippen LogP contribution in [0.4, 0.5) is 18.9 Å². The minimum absolute atomic E-state index is 0.0528. The van der Waals surface area contributed by atoms with E-state index in [0.717, 1.165) is 50.3 Å². The molecule has 0 radical (unpaired) electrons. The van der Waals surface area contributed by atoms with Gasteiger partial charge in [0.25, 0.3) is 0 Å². The Balaban J connectivity index is 1.46. The lowest BCUT2D eigenvalue weighted by molar-refractivity contribution is -0.112. The summed E-state index contributed by atoms with van der Waals surface area (Å²) in [5, 5.41) is 3.46. The lowest BCUT2D eigenvalue weighted by Crippen LogP contribution is -2.38. The van der Waals surface area contributed by atoms with Crippen molar-refractivity contribution in [1.29, 1.82) is 0 Å². The SMILES string of the molecule is O=C(/C=C(\c1ccccc1)C(F)(F)F)Nc1ccc2c(ccn2CCN2CCOCC2)c1. The van der Waals surface area contributed by atoms with Crippen LogP contribution in [-0.2, 0) is 16.1 Å². The van der Waals surface area contributed by atoms with Crippen LogP contribution in [0.15, 0.2) is 66.9 Å². The molecule has 5 nitrogen and oxygen atoms in total. The summed E-state index contributed by atoms with van der Waals surface area (Å²) in [5.74, 6) is -0.827. The molecular formula is C24H24F3N3O2. The van der Waals surface area contributed by atoms with Gasteiger partial charge in [-0.3, -0.25) is 9.69 Å². The lowest BCUT2D eigenvalue weighted by Gasteiger charge is -2.26. The number of nitrogens with one attached hydrogen (secondary N) is 1. The smallest absolute Gasteiger partial charge is 0.379 e. The average molecular weight is 443 g/mol. The topological polar surface area (TPSA) is 46.5 Å². The second-order valence-corrected chi connectivity index (χ2v) is 7.65. The van der Waals surface area contributed by atoms with Gasteiger partial charge < -0.3 is 14.6 Å². The first-order valence-electron chi connectivity index (χ1n) is 10.4. The summed E-state index contributed by atoms with van der Waals surface area (Å²) in [6.45, 7) is 5.09. The fourth-order valence-electron chi connectivity index (χ4n) is 3.80. The number of aromatic nitrogens is 1. The van der Waals surface area contributed by atoms with Crippen molar-refractivity contribution in [3.05, 3.63) is 72.4 Å². The van der Waals surface area contributed by atoms with Crippen molar-refractivity contribution in [1.82, 2.24) is 9.47 Å². The number of rotatable bonds is 6. The molecule has 3 aromatic rings. The first-order valence-corrected chi connectivity index (χ1v) is 10.4. The van der Waals surface area contributed by atoms with Crippen molar-refractivity contribution in [3.63, 3.8) is 0 Å². The summed E-state index contributed by atoms with van der Waals surface area (Å²) in [7, 11) is 0. The average Bonchev–Trinajstić information content (AvgIpc) is 3.19. The lowest BCUT2D eigenvalue weighted by atomic mass is 10.1. The normalized spacial score (nSPS) is 15.8. The van der Waals surface area contributed by atoms with Crippen LogP contribution in [0, 0.1) is 0 Å². The number of carbonyl (C=O) groups is 1. The zero-order valence-electron chi connectivity index (χ0n) is 17.4. The molecule has 2 aromatic carbocycles. The highest BCUT2D eigenvalue weighted by molar-refractivity contribution is 6.05. The van der Waals surface area contributed by atoms with Gasteiger partial charge >= 0.3 is 6.18 Å². The third-order valence-corrected chi connectivity index (χ3v) is 5.46. The van der Waals surface area contributed by atoms with Crippen molar-refractivity contribution in [3.8, 4) is 0 Å². The third kappa shape index (κ3) is 5.38. The Labute approximate surface area is 184 Å². The number of allylic oxidation sites excluding steroid dienone is 1. The molecule has 1 aliphatic heterocycles. The summed E-state index contributed by atoms with van der Waals surface area (Å²) >= 11 is 0. The highest BCUT2D eigenvalue weighted by atomic mass is 19.4. The molecule has 1 aliphatic rings. The van der Waals surface area contributed by atoms with Crippen molar-refractivity contribution >= 4 is 28.1 Å². The molecule has 2 heterocycles. The molecule has 1 fully saturated rings. The number of hydrogen-bond donors (Lipinski definition) is 1. The minimum Gasteiger partial charge on any atom is -0.379 e. The molecule has 4 rings (SSSR count). The van der Waals surface area contributed by atoms with Crippen molar-refractivity contribution in [2.75, 3.05) is 38.2 Å². The van der Waals surface area contributed by atoms with Crippen LogP contribution in [0.3, 0.4) is 0 Å². The second-order valence-electron chi connectivity index (χ2n) is 7.65. The molecule has 1 aromatic heterocycles. The number of hydrogen-bond acceptors (Lipinski definition) is 3. The van der Waals surface area contributed by atoms with Gasteiger partial charge in [0.05, 0.1) is 18.8 Å². The van der Waals surface area contributed by atoms with Gasteiger partial charge in [-0.05, 0) is 29.8 Å². The number of halogens is 3. The Bertz CT molecular complexity index is 1100. The van der Waals surface area contributed by atoms with Gasteiger partial charge in [-0.2, -0.15) is 13.2 Å². The van der Waals surface area contributed by atoms with Crippen molar-refractivity contribution in [2.24, 2.45) is 0 Å². The zero-order valence-corrected chi connectivity index (χ0v) is 17.4. The Hall–Kier alpha value is -3.10. The van der Waals surface area contributed by atoms with E-state index >= 15 is 0 Å². The van der Waals surface area contributed by atoms with Gasteiger partial charge in [-0.15, -0.1) is 0 Å². The number of morpholine rings is 1. The predicted octanol–water partition coefficient (Wildman–Crippen LogP) is 4.56. The second kappa shape index (κ2) is 9.58. The summed E-state index contributed by atoms with van der Waals surface area (Å²) in [5.41, 5.74) is 0.417. The minimum atomic E-state index is -4.64. The molecule has 0 unspecified atom stereocenters. The molecule has 1 N–H and O–H groups in total. The number of ether oxygens (including phenoxy) is 1. The van der Waals surface area contributed by atoms with Gasteiger partial charge in [0.2, 0.25) is 5.91 Å². The third-order valence-electron chi connectivity index (χ3n) is 5.46. The summed E-state index contributed by atoms with van der Waals surface area (Å²) < 4.78 is 47.9. The van der Waals surface area contributed by atoms with Crippen LogP contribution in [-0.4, -0.2) is 54.4 Å². The van der Waals surface area contributed by atoms with E-state index in [4.69, 9.17) is 4.74 Å². The maximum Gasteiger partial charge on any atom is 0.417 e. The number of amides is 1. The van der Waals surface area contributed by atoms with Gasteiger partial charge in [-0.1, -0.05) is 30.3 Å². The van der Waals surface area contributed by atoms with E-state index in [1.54, 1.807) is 18.2 Å². The quantitative estimate of drug-likeness (QED) is 0.569. The van der Waals surface area contributed by atoms with E-state index in [-0.39, 0.29) is 5.56 Å². The number of alkyl halides is 3. The standard InChI is InChI=1S/C24H24F3N3O2/c25-24(26,27)21(18-4-2-1-3-5-18)17-23(31)28-20-6-7-22-19(16-20)8-9-30(22)11-10-29-12-14-32-15-13-29/h1-9,16-17H,10-15H2,(H,28,31)/b21-17+. The van der Waals surface area contributed by atoms with Gasteiger partial charge in [0.15, 0.2) is 0 Å². The van der Waals surface area contributed by atoms with E-state index in [9.17, 15) is 18.0 Å². The molecule has 0 saturated carbocycles. The van der Waals surface area contributed by atoms with Crippen LogP contribution >= 0.6 is 0 Å². The molecule has 1 saturated heterocycles. The molecule has 168 valence electrons. The largest absolute Gasteiger partial charge is 0.417 e. The van der Waals surface area contributed by atoms with E-state index in [1.165, 1.54) is 24.3 Å². The molecule has 0 atom stereocenters. The van der Waals surface area contributed by atoms with Gasteiger partial charge in [0, 0.05) is 55.0 Å². The van der Waals surface area contributed by atoms with Crippen molar-refractivity contribution in [2.45, 2.75) is 12.7 Å². The maximum absolute atomic E-state index is 13.5. The molecule has 0 bridgehead atoms. The monoisotopic (exact) mass is 443 g/mol. The van der Waals surface area contributed by atoms with E-state index in [1.807, 2.05) is 18.3 Å². The molecule has 8 heteroatoms. The number of carbonyl (C=O) groups excluding carboxylic acids is 1. The number of nitrogens with zero attached hydrogens (tertiary/aromatic N) is 2. The van der Waals surface area contributed by atoms with Crippen LogP contribution in [0.2, 0.25) is 0 Å². The predicted molar refractivity (Wildman–Crippen MR) is 118 cm³/mol. The Morgan fingerprint density at radius 2 is 1.78 bits per heavy atom. The molecule has 32 heavy (non-hydrogen) atoms. The summed E-state index contributed by atoms with van der Waals surface area (Å²) in [4.78, 5) is 14.7. The Kier molecular flexibility index (Phi) is 6.62. The van der Waals surface area contributed by atoms with Crippen LogP contribution < -0.4 is 5.32 Å². The van der Waals surface area contributed by atoms with Gasteiger partial charge in [0.1, 0.15) is 0 Å². The van der Waals surface area contributed by atoms with Crippen LogP contribution in [0.25, 0.3) is 16.5 Å². The first kappa shape index (κ1) is 22.1. The maximum atomic E-state index is 13.5. The fraction of sp³-hybridized carbons (Fsp3) is 0.292. The molecular weight excluding hydrogens is 419 g/mol. The Morgan fingerprint density at radius 3 is 2.50 bits per heavy atom. The Morgan fingerprint density at radius 1 is 1.03 bits per heavy atom. The summed E-state index contributed by atoms with van der Waals surface area (Å²) in [6, 6.07) is 14.6. The fourth-order valence-corrected chi connectivity index (χ4v) is 3.80. The highest BCUT2D eigenvalue weighted by Gasteiger charge is 2.35. The van der Waals surface area contributed by atoms with E-state index < -0.39 is 17.7 Å². The first-order chi connectivity index (χ1) is 15.4. The van der Waals surface area contributed by atoms with Crippen LogP contribution in [0.5, 0.6) is 0 Å². The molecule has 0 spiro atoms.